The van der Waals surface area contributed by atoms with E-state index in [1.807, 2.05) is 25.1 Å². The van der Waals surface area contributed by atoms with Crippen LogP contribution in [0.4, 0.5) is 5.95 Å². The standard InChI is InChI=1S/C28H32N4O4/c1-7-14-35-26(33)24-18(2)31-27-29-17-30-32(27)25(24)20-10-13-22(23(15-20)34-6)36-16-19-8-11-21(12-9-19)28(3,4)5/h7-13,15,17,25H,1,14,16H2,2-6H3,(H,29,30,31). The highest BCUT2D eigenvalue weighted by molar-refractivity contribution is 5.92. The van der Waals surface area contributed by atoms with E-state index in [9.17, 15) is 4.79 Å². The summed E-state index contributed by atoms with van der Waals surface area (Å²) >= 11 is 0. The topological polar surface area (TPSA) is 87.5 Å². The number of carbonyl (C=O) groups is 1. The van der Waals surface area contributed by atoms with Crippen LogP contribution in [0.5, 0.6) is 11.5 Å². The Labute approximate surface area is 211 Å². The highest BCUT2D eigenvalue weighted by Gasteiger charge is 2.34. The van der Waals surface area contributed by atoms with E-state index in [4.69, 9.17) is 14.2 Å². The summed E-state index contributed by atoms with van der Waals surface area (Å²) in [5.74, 6) is 1.24. The molecular weight excluding hydrogens is 456 g/mol. The summed E-state index contributed by atoms with van der Waals surface area (Å²) < 4.78 is 18.8. The Hall–Kier alpha value is -4.07. The summed E-state index contributed by atoms with van der Waals surface area (Å²) in [4.78, 5) is 17.2. The van der Waals surface area contributed by atoms with Gasteiger partial charge in [0.15, 0.2) is 11.5 Å². The second-order valence-electron chi connectivity index (χ2n) is 9.63. The molecule has 1 unspecified atom stereocenters. The molecule has 0 saturated heterocycles. The number of ether oxygens (including phenoxy) is 3. The van der Waals surface area contributed by atoms with Gasteiger partial charge in [-0.3, -0.25) is 0 Å². The molecule has 4 rings (SSSR count). The predicted octanol–water partition coefficient (Wildman–Crippen LogP) is 5.18. The van der Waals surface area contributed by atoms with Crippen LogP contribution >= 0.6 is 0 Å². The van der Waals surface area contributed by atoms with Crippen molar-refractivity contribution < 1.29 is 19.0 Å². The normalized spacial score (nSPS) is 15.1. The van der Waals surface area contributed by atoms with Crippen LogP contribution in [0.2, 0.25) is 0 Å². The maximum Gasteiger partial charge on any atom is 0.338 e. The van der Waals surface area contributed by atoms with Crippen LogP contribution in [0, 0.1) is 0 Å². The molecule has 8 nitrogen and oxygen atoms in total. The number of nitrogens with one attached hydrogen (secondary N) is 1. The van der Waals surface area contributed by atoms with E-state index in [-0.39, 0.29) is 12.0 Å². The number of allylic oxidation sites excluding steroid dienone is 1. The average Bonchev–Trinajstić information content (AvgIpc) is 3.32. The highest BCUT2D eigenvalue weighted by Crippen LogP contribution is 2.39. The Morgan fingerprint density at radius 1 is 1.17 bits per heavy atom. The lowest BCUT2D eigenvalue weighted by atomic mass is 9.87. The minimum Gasteiger partial charge on any atom is -0.493 e. The van der Waals surface area contributed by atoms with Gasteiger partial charge in [-0.1, -0.05) is 63.8 Å². The number of fused-ring (bicyclic) bond motifs is 1. The van der Waals surface area contributed by atoms with E-state index in [0.29, 0.717) is 35.3 Å². The van der Waals surface area contributed by atoms with Gasteiger partial charge >= 0.3 is 5.97 Å². The zero-order valence-electron chi connectivity index (χ0n) is 21.4. The number of methoxy groups -OCH3 is 1. The lowest BCUT2D eigenvalue weighted by Crippen LogP contribution is -2.29. The molecule has 36 heavy (non-hydrogen) atoms. The van der Waals surface area contributed by atoms with Crippen molar-refractivity contribution in [3.05, 3.63) is 89.4 Å². The summed E-state index contributed by atoms with van der Waals surface area (Å²) in [5, 5.41) is 7.47. The van der Waals surface area contributed by atoms with Gasteiger partial charge in [-0.25, -0.2) is 9.48 Å². The van der Waals surface area contributed by atoms with Gasteiger partial charge in [0, 0.05) is 5.70 Å². The van der Waals surface area contributed by atoms with Gasteiger partial charge in [-0.15, -0.1) is 0 Å². The van der Waals surface area contributed by atoms with E-state index in [0.717, 1.165) is 11.1 Å². The molecule has 1 aliphatic heterocycles. The molecule has 1 N–H and O–H groups in total. The summed E-state index contributed by atoms with van der Waals surface area (Å²) in [5.41, 5.74) is 4.30. The summed E-state index contributed by atoms with van der Waals surface area (Å²) in [6, 6.07) is 13.5. The van der Waals surface area contributed by atoms with Crippen LogP contribution in [0.15, 0.2) is 72.7 Å². The second kappa shape index (κ2) is 10.3. The maximum absolute atomic E-state index is 13.0. The van der Waals surface area contributed by atoms with Crippen LogP contribution in [-0.2, 0) is 21.6 Å². The van der Waals surface area contributed by atoms with Crippen LogP contribution in [0.25, 0.3) is 0 Å². The lowest BCUT2D eigenvalue weighted by Gasteiger charge is -2.28. The molecule has 2 heterocycles. The molecule has 3 aromatic rings. The third-order valence-corrected chi connectivity index (χ3v) is 6.06. The Kier molecular flexibility index (Phi) is 7.15. The van der Waals surface area contributed by atoms with Crippen molar-refractivity contribution in [1.29, 1.82) is 0 Å². The molecule has 0 aliphatic carbocycles. The molecule has 188 valence electrons. The first kappa shape index (κ1) is 25.0. The quantitative estimate of drug-likeness (QED) is 0.345. The molecular formula is C28H32N4O4. The van der Waals surface area contributed by atoms with Crippen molar-refractivity contribution in [2.24, 2.45) is 0 Å². The van der Waals surface area contributed by atoms with Gasteiger partial charge in [0.05, 0.1) is 12.7 Å². The maximum atomic E-state index is 13.0. The van der Waals surface area contributed by atoms with E-state index < -0.39 is 12.0 Å². The van der Waals surface area contributed by atoms with Crippen molar-refractivity contribution in [2.75, 3.05) is 19.0 Å². The largest absolute Gasteiger partial charge is 0.493 e. The van der Waals surface area contributed by atoms with Crippen molar-refractivity contribution in [1.82, 2.24) is 14.8 Å². The smallest absolute Gasteiger partial charge is 0.338 e. The summed E-state index contributed by atoms with van der Waals surface area (Å²) in [6.07, 6.45) is 2.98. The monoisotopic (exact) mass is 488 g/mol. The number of anilines is 1. The predicted molar refractivity (Wildman–Crippen MR) is 138 cm³/mol. The third-order valence-electron chi connectivity index (χ3n) is 6.06. The third kappa shape index (κ3) is 5.12. The van der Waals surface area contributed by atoms with Crippen LogP contribution < -0.4 is 14.8 Å². The number of rotatable bonds is 8. The number of benzene rings is 2. The first-order chi connectivity index (χ1) is 17.2. The zero-order chi connectivity index (χ0) is 25.9. The molecule has 1 aromatic heterocycles. The number of hydrogen-bond acceptors (Lipinski definition) is 7. The molecule has 0 saturated carbocycles. The number of aromatic nitrogens is 3. The Bertz CT molecular complexity index is 1290. The summed E-state index contributed by atoms with van der Waals surface area (Å²) in [7, 11) is 1.59. The van der Waals surface area contributed by atoms with E-state index in [2.05, 4.69) is 67.0 Å². The first-order valence-electron chi connectivity index (χ1n) is 11.8. The van der Waals surface area contributed by atoms with Gasteiger partial charge < -0.3 is 19.5 Å². The fraction of sp³-hybridized carbons (Fsp3) is 0.321. The van der Waals surface area contributed by atoms with Crippen LogP contribution in [0.1, 0.15) is 50.4 Å². The SMILES string of the molecule is C=CCOC(=O)C1=C(C)Nc2ncnn2C1c1ccc(OCc2ccc(C(C)(C)C)cc2)c(OC)c1. The lowest BCUT2D eigenvalue weighted by molar-refractivity contribution is -0.138. The molecule has 0 amide bonds. The molecule has 0 fully saturated rings. The molecule has 0 radical (unpaired) electrons. The average molecular weight is 489 g/mol. The fourth-order valence-corrected chi connectivity index (χ4v) is 4.11. The fourth-order valence-electron chi connectivity index (χ4n) is 4.11. The first-order valence-corrected chi connectivity index (χ1v) is 11.8. The Morgan fingerprint density at radius 3 is 2.58 bits per heavy atom. The van der Waals surface area contributed by atoms with Gasteiger partial charge in [-0.2, -0.15) is 10.1 Å². The Morgan fingerprint density at radius 2 is 1.92 bits per heavy atom. The minimum atomic E-state index is -0.547. The minimum absolute atomic E-state index is 0.0980. The van der Waals surface area contributed by atoms with Crippen molar-refractivity contribution in [3.8, 4) is 11.5 Å². The zero-order valence-corrected chi connectivity index (χ0v) is 21.4. The van der Waals surface area contributed by atoms with Crippen LogP contribution in [-0.4, -0.2) is 34.5 Å². The van der Waals surface area contributed by atoms with Crippen LogP contribution in [0.3, 0.4) is 0 Å². The molecule has 8 heteroatoms. The highest BCUT2D eigenvalue weighted by atomic mass is 16.5. The van der Waals surface area contributed by atoms with Crippen molar-refractivity contribution >= 4 is 11.9 Å². The molecule has 1 aliphatic rings. The van der Waals surface area contributed by atoms with Gasteiger partial charge in [0.1, 0.15) is 25.6 Å². The van der Waals surface area contributed by atoms with E-state index in [1.54, 1.807) is 11.8 Å². The molecule has 0 spiro atoms. The molecule has 0 bridgehead atoms. The van der Waals surface area contributed by atoms with Crippen molar-refractivity contribution in [3.63, 3.8) is 0 Å². The number of esters is 1. The number of hydrogen-bond donors (Lipinski definition) is 1. The molecule has 1 atom stereocenters. The van der Waals surface area contributed by atoms with E-state index >= 15 is 0 Å². The van der Waals surface area contributed by atoms with Gasteiger partial charge in [0.25, 0.3) is 0 Å². The summed E-state index contributed by atoms with van der Waals surface area (Å²) in [6.45, 7) is 12.5. The number of carbonyl (C=O) groups excluding carboxylic acids is 1. The van der Waals surface area contributed by atoms with Crippen molar-refractivity contribution in [2.45, 2.75) is 45.8 Å². The Balaban J connectivity index is 1.61. The van der Waals surface area contributed by atoms with Gasteiger partial charge in [-0.05, 0) is 41.2 Å². The second-order valence-corrected chi connectivity index (χ2v) is 9.63. The van der Waals surface area contributed by atoms with Gasteiger partial charge in [0.2, 0.25) is 5.95 Å². The number of nitrogens with zero attached hydrogens (tertiary/aromatic N) is 3. The van der Waals surface area contributed by atoms with E-state index in [1.165, 1.54) is 18.0 Å². The molecule has 2 aromatic carbocycles.